The molecule has 0 radical (unpaired) electrons. The van der Waals surface area contributed by atoms with Crippen molar-refractivity contribution >= 4 is 28.0 Å². The number of esters is 1. The number of H-pyrrole nitrogens is 2. The molecule has 6 aromatic carbocycles. The minimum Gasteiger partial charge on any atom is -1.00 e. The maximum Gasteiger partial charge on any atom is 0.326 e. The highest BCUT2D eigenvalue weighted by Crippen LogP contribution is 2.34. The van der Waals surface area contributed by atoms with Gasteiger partial charge in [0.1, 0.15) is 11.6 Å². The van der Waals surface area contributed by atoms with Gasteiger partial charge in [-0.25, -0.2) is 18.4 Å². The van der Waals surface area contributed by atoms with Crippen molar-refractivity contribution in [2.24, 2.45) is 0 Å². The third-order valence-corrected chi connectivity index (χ3v) is 15.5. The van der Waals surface area contributed by atoms with Gasteiger partial charge >= 0.3 is 17.3 Å². The number of para-hydroxylation sites is 4. The molecule has 13 heteroatoms. The molecular formula is C61H69BrF2N6O4. The molecule has 2 fully saturated rings. The fourth-order valence-electron chi connectivity index (χ4n) is 11.7. The lowest BCUT2D eigenvalue weighted by Gasteiger charge is -2.44. The molecule has 0 bridgehead atoms. The predicted octanol–water partition coefficient (Wildman–Crippen LogP) is 8.91. The summed E-state index contributed by atoms with van der Waals surface area (Å²) in [5.41, 5.74) is 8.48. The number of carbonyl (C=O) groups excluding carboxylic acids is 1. The number of rotatable bonds is 18. The van der Waals surface area contributed by atoms with Crippen molar-refractivity contribution in [2.75, 3.05) is 52.4 Å². The van der Waals surface area contributed by atoms with Gasteiger partial charge in [-0.15, -0.1) is 0 Å². The molecule has 2 aliphatic rings. The predicted molar refractivity (Wildman–Crippen MR) is 287 cm³/mol. The second kappa shape index (κ2) is 25.7. The summed E-state index contributed by atoms with van der Waals surface area (Å²) in [4.78, 5) is 46.2. The van der Waals surface area contributed by atoms with Gasteiger partial charge in [-0.3, -0.25) is 13.9 Å². The van der Waals surface area contributed by atoms with Gasteiger partial charge in [0.15, 0.2) is 0 Å². The lowest BCUT2D eigenvalue weighted by molar-refractivity contribution is -0.933. The SMILES string of the molecule is CCOC(=O)CC[N+]1(CCCC(c2ccccc2)c2ccc(F)cc2)CCC(n2c(=O)[nH]c3ccccc32)CC1.O=c1[nH]c2ccccc2n1C1CCN(CCCC(c2ccccc2)c2ccc(F)cc2)CC1.[Br-]. The van der Waals surface area contributed by atoms with Crippen molar-refractivity contribution in [3.63, 3.8) is 0 Å². The summed E-state index contributed by atoms with van der Waals surface area (Å²) >= 11 is 0. The molecule has 388 valence electrons. The molecule has 74 heavy (non-hydrogen) atoms. The molecule has 0 aliphatic carbocycles. The largest absolute Gasteiger partial charge is 1.00 e. The van der Waals surface area contributed by atoms with E-state index in [4.69, 9.17) is 4.74 Å². The first-order valence-corrected chi connectivity index (χ1v) is 26.4. The Bertz CT molecular complexity index is 3120. The topological polar surface area (TPSA) is 105 Å². The minimum absolute atomic E-state index is 0. The van der Waals surface area contributed by atoms with Crippen molar-refractivity contribution in [3.8, 4) is 0 Å². The number of likely N-dealkylation sites (tertiary alicyclic amines) is 2. The van der Waals surface area contributed by atoms with Crippen LogP contribution in [0.25, 0.3) is 22.1 Å². The van der Waals surface area contributed by atoms with E-state index in [0.717, 1.165) is 129 Å². The molecule has 2 N–H and O–H groups in total. The first-order valence-electron chi connectivity index (χ1n) is 26.4. The number of piperidine rings is 2. The molecule has 2 aromatic heterocycles. The van der Waals surface area contributed by atoms with Crippen LogP contribution in [0.15, 0.2) is 167 Å². The molecule has 0 spiro atoms. The number of ether oxygens (including phenoxy) is 1. The Hall–Kier alpha value is -6.41. The van der Waals surface area contributed by atoms with E-state index >= 15 is 0 Å². The van der Waals surface area contributed by atoms with Crippen LogP contribution in [0.4, 0.5) is 8.78 Å². The van der Waals surface area contributed by atoms with Gasteiger partial charge in [-0.1, -0.05) is 109 Å². The number of carbonyl (C=O) groups is 1. The van der Waals surface area contributed by atoms with Crippen LogP contribution in [0.3, 0.4) is 0 Å². The van der Waals surface area contributed by atoms with Crippen LogP contribution < -0.4 is 28.4 Å². The highest BCUT2D eigenvalue weighted by Gasteiger charge is 2.36. The number of benzene rings is 6. The van der Waals surface area contributed by atoms with E-state index in [0.29, 0.717) is 13.0 Å². The number of imidazole rings is 2. The highest BCUT2D eigenvalue weighted by atomic mass is 79.9. The van der Waals surface area contributed by atoms with Gasteiger partial charge in [0.25, 0.3) is 0 Å². The number of fused-ring (bicyclic) bond motifs is 2. The van der Waals surface area contributed by atoms with Gasteiger partial charge in [-0.2, -0.15) is 0 Å². The molecule has 8 aromatic rings. The van der Waals surface area contributed by atoms with Crippen LogP contribution in [-0.4, -0.2) is 86.9 Å². The van der Waals surface area contributed by atoms with E-state index in [9.17, 15) is 23.2 Å². The summed E-state index contributed by atoms with van der Waals surface area (Å²) in [5.74, 6) is -0.120. The van der Waals surface area contributed by atoms with Crippen molar-refractivity contribution in [3.05, 3.63) is 213 Å². The Labute approximate surface area is 443 Å². The van der Waals surface area contributed by atoms with Crippen LogP contribution >= 0.6 is 0 Å². The molecule has 0 amide bonds. The van der Waals surface area contributed by atoms with Crippen LogP contribution in [-0.2, 0) is 9.53 Å². The zero-order valence-corrected chi connectivity index (χ0v) is 44.0. The Balaban J connectivity index is 0.000000198. The number of halogens is 3. The zero-order chi connectivity index (χ0) is 50.6. The van der Waals surface area contributed by atoms with Gasteiger partial charge in [0.05, 0.1) is 61.3 Å². The molecule has 10 nitrogen and oxygen atoms in total. The summed E-state index contributed by atoms with van der Waals surface area (Å²) < 4.78 is 37.1. The van der Waals surface area contributed by atoms with Crippen LogP contribution in [0.1, 0.15) is 111 Å². The Kier molecular flexibility index (Phi) is 18.7. The van der Waals surface area contributed by atoms with Gasteiger partial charge in [0.2, 0.25) is 0 Å². The van der Waals surface area contributed by atoms with E-state index in [1.54, 1.807) is 12.1 Å². The third-order valence-electron chi connectivity index (χ3n) is 15.5. The summed E-state index contributed by atoms with van der Waals surface area (Å²) in [7, 11) is 0. The minimum atomic E-state index is -0.226. The summed E-state index contributed by atoms with van der Waals surface area (Å²) in [6.07, 6.45) is 8.13. The quantitative estimate of drug-likeness (QED) is 0.0661. The average molecular weight is 1070 g/mol. The van der Waals surface area contributed by atoms with Gasteiger partial charge in [0, 0.05) is 49.9 Å². The lowest BCUT2D eigenvalue weighted by Crippen LogP contribution is -3.00. The third kappa shape index (κ3) is 13.3. The van der Waals surface area contributed by atoms with E-state index in [-0.39, 0.29) is 69.9 Å². The van der Waals surface area contributed by atoms with Crippen molar-refractivity contribution in [1.29, 1.82) is 0 Å². The molecule has 2 unspecified atom stereocenters. The number of aromatic nitrogens is 4. The standard InChI is InChI=1S/C33H38FN3O3.C28H30FN3O.BrH/c1-2-40-32(38)20-24-37(22-18-28(19-23-37)36-31-13-7-6-12-30(31)35-33(36)39)21-8-11-29(25-9-4-3-5-10-25)26-14-16-27(34)17-15-26;29-23-14-12-22(13-15-23)25(21-7-2-1-3-8-21)9-6-18-31-19-16-24(17-20-31)32-27-11-5-4-10-26(27)30-28(32)33;/h3-7,9-10,12-17,28-29H,2,8,11,18-24H2,1H3;1-5,7-8,10-15,24-25H,6,9,16-20H2,(H,30,33);1H. The molecular weight excluding hydrogens is 999 g/mol. The molecule has 2 saturated heterocycles. The molecule has 10 rings (SSSR count). The number of hydrogen-bond donors (Lipinski definition) is 2. The van der Waals surface area contributed by atoms with Crippen LogP contribution in [0.5, 0.6) is 0 Å². The first-order chi connectivity index (χ1) is 35.7. The van der Waals surface area contributed by atoms with Crippen LogP contribution in [0.2, 0.25) is 0 Å². The molecule has 2 atom stereocenters. The summed E-state index contributed by atoms with van der Waals surface area (Å²) in [6.45, 7) is 8.77. The molecule has 0 saturated carbocycles. The zero-order valence-electron chi connectivity index (χ0n) is 42.4. The normalized spacial score (nSPS) is 18.0. The van der Waals surface area contributed by atoms with Crippen LogP contribution in [0, 0.1) is 11.6 Å². The smallest absolute Gasteiger partial charge is 0.326 e. The monoisotopic (exact) mass is 1070 g/mol. The highest BCUT2D eigenvalue weighted by molar-refractivity contribution is 5.76. The maximum atomic E-state index is 13.7. The lowest BCUT2D eigenvalue weighted by atomic mass is 9.87. The van der Waals surface area contributed by atoms with Crippen molar-refractivity contribution in [2.45, 2.75) is 88.6 Å². The fraction of sp³-hybridized carbons (Fsp3) is 0.361. The Morgan fingerprint density at radius 1 is 0.581 bits per heavy atom. The Morgan fingerprint density at radius 2 is 1.01 bits per heavy atom. The van der Waals surface area contributed by atoms with E-state index in [1.165, 1.54) is 28.8 Å². The molecule has 4 heterocycles. The van der Waals surface area contributed by atoms with Gasteiger partial charge < -0.3 is 41.1 Å². The van der Waals surface area contributed by atoms with E-state index in [2.05, 4.69) is 63.4 Å². The number of nitrogens with zero attached hydrogens (tertiary/aromatic N) is 4. The maximum absolute atomic E-state index is 13.7. The Morgan fingerprint density at radius 3 is 1.50 bits per heavy atom. The van der Waals surface area contributed by atoms with Crippen molar-refractivity contribution in [1.82, 2.24) is 24.0 Å². The fourth-order valence-corrected chi connectivity index (χ4v) is 11.7. The second-order valence-corrected chi connectivity index (χ2v) is 20.0. The number of nitrogens with one attached hydrogen (secondary N) is 2. The van der Waals surface area contributed by atoms with Crippen molar-refractivity contribution < 1.29 is 39.8 Å². The number of quaternary nitrogens is 1. The van der Waals surface area contributed by atoms with E-state index in [1.807, 2.05) is 101 Å². The van der Waals surface area contributed by atoms with E-state index < -0.39 is 0 Å². The number of hydrogen-bond acceptors (Lipinski definition) is 5. The summed E-state index contributed by atoms with van der Waals surface area (Å²) in [6, 6.07) is 50.9. The molecule has 2 aliphatic heterocycles. The summed E-state index contributed by atoms with van der Waals surface area (Å²) in [5, 5.41) is 0. The second-order valence-electron chi connectivity index (χ2n) is 20.0. The van der Waals surface area contributed by atoms with Gasteiger partial charge in [-0.05, 0) is 123 Å². The number of aromatic amines is 2. The first kappa shape index (κ1) is 53.9. The average Bonchev–Trinajstić information content (AvgIpc) is 3.95.